The summed E-state index contributed by atoms with van der Waals surface area (Å²) in [4.78, 5) is 12.1. The Morgan fingerprint density at radius 2 is 2.04 bits per heavy atom. The highest BCUT2D eigenvalue weighted by molar-refractivity contribution is 7.99. The lowest BCUT2D eigenvalue weighted by Gasteiger charge is -2.12. The molecule has 1 aliphatic rings. The smallest absolute Gasteiger partial charge is 0.230 e. The third kappa shape index (κ3) is 4.98. The Kier molecular flexibility index (Phi) is 6.33. The highest BCUT2D eigenvalue weighted by atomic mass is 32.2. The van der Waals surface area contributed by atoms with Gasteiger partial charge in [-0.1, -0.05) is 42.8 Å². The maximum absolute atomic E-state index is 12.1. The average Bonchev–Trinajstić information content (AvgIpc) is 3.28. The first-order chi connectivity index (χ1) is 12.3. The molecule has 1 aromatic carbocycles. The summed E-state index contributed by atoms with van der Waals surface area (Å²) in [6.45, 7) is 3.14. The number of para-hydroxylation sites is 1. The molecule has 1 fully saturated rings. The van der Waals surface area contributed by atoms with Gasteiger partial charge in [-0.2, -0.15) is 0 Å². The van der Waals surface area contributed by atoms with Gasteiger partial charge in [-0.3, -0.25) is 4.79 Å². The molecule has 0 saturated heterocycles. The normalized spacial score (nSPS) is 14.6. The maximum atomic E-state index is 12.1. The molecule has 0 bridgehead atoms. The molecule has 2 aromatic rings. The number of carbonyl (C=O) groups excluding carboxylic acids is 1. The van der Waals surface area contributed by atoms with Crippen molar-refractivity contribution in [2.24, 2.45) is 0 Å². The largest absolute Gasteiger partial charge is 0.486 e. The summed E-state index contributed by atoms with van der Waals surface area (Å²) in [5, 5.41) is 12.3. The van der Waals surface area contributed by atoms with Crippen molar-refractivity contribution in [1.29, 1.82) is 0 Å². The minimum absolute atomic E-state index is 0.0737. The summed E-state index contributed by atoms with van der Waals surface area (Å²) >= 11 is 1.43. The van der Waals surface area contributed by atoms with Gasteiger partial charge in [-0.15, -0.1) is 10.2 Å². The molecule has 1 saturated carbocycles. The average molecular weight is 360 g/mol. The summed E-state index contributed by atoms with van der Waals surface area (Å²) in [7, 11) is 0. The Morgan fingerprint density at radius 3 is 2.76 bits per heavy atom. The first kappa shape index (κ1) is 17.8. The van der Waals surface area contributed by atoms with Crippen LogP contribution in [0.2, 0.25) is 0 Å². The molecule has 1 aromatic heterocycles. The second kappa shape index (κ2) is 8.89. The Hall–Kier alpha value is -2.02. The summed E-state index contributed by atoms with van der Waals surface area (Å²) in [6.07, 6.45) is 4.63. The second-order valence-corrected chi connectivity index (χ2v) is 7.02. The van der Waals surface area contributed by atoms with E-state index in [2.05, 4.69) is 15.5 Å². The van der Waals surface area contributed by atoms with E-state index in [1.54, 1.807) is 0 Å². The number of rotatable bonds is 8. The topological polar surface area (TPSA) is 69.0 Å². The zero-order valence-corrected chi connectivity index (χ0v) is 15.3. The molecule has 6 nitrogen and oxygen atoms in total. The van der Waals surface area contributed by atoms with Gasteiger partial charge >= 0.3 is 0 Å². The molecule has 0 aliphatic heterocycles. The molecular weight excluding hydrogens is 336 g/mol. The van der Waals surface area contributed by atoms with Crippen LogP contribution in [0.15, 0.2) is 35.5 Å². The van der Waals surface area contributed by atoms with Gasteiger partial charge in [0, 0.05) is 12.6 Å². The number of ether oxygens (including phenoxy) is 1. The molecule has 25 heavy (non-hydrogen) atoms. The Balaban J connectivity index is 1.53. The maximum Gasteiger partial charge on any atom is 0.230 e. The van der Waals surface area contributed by atoms with E-state index in [9.17, 15) is 4.79 Å². The van der Waals surface area contributed by atoms with E-state index >= 15 is 0 Å². The highest BCUT2D eigenvalue weighted by Gasteiger charge is 2.18. The van der Waals surface area contributed by atoms with Crippen LogP contribution in [0.3, 0.4) is 0 Å². The molecule has 134 valence electrons. The predicted octanol–water partition coefficient (Wildman–Crippen LogP) is 3.03. The second-order valence-electron chi connectivity index (χ2n) is 6.08. The summed E-state index contributed by atoms with van der Waals surface area (Å²) < 4.78 is 7.75. The number of hydrogen-bond donors (Lipinski definition) is 1. The summed E-state index contributed by atoms with van der Waals surface area (Å²) in [6, 6.07) is 10.00. The van der Waals surface area contributed by atoms with E-state index in [0.29, 0.717) is 18.4 Å². The van der Waals surface area contributed by atoms with Gasteiger partial charge in [0.05, 0.1) is 5.75 Å². The first-order valence-corrected chi connectivity index (χ1v) is 9.77. The fraction of sp³-hybridized carbons (Fsp3) is 0.500. The summed E-state index contributed by atoms with van der Waals surface area (Å²) in [5.41, 5.74) is 0. The van der Waals surface area contributed by atoms with E-state index in [1.807, 2.05) is 41.8 Å². The monoisotopic (exact) mass is 360 g/mol. The van der Waals surface area contributed by atoms with E-state index in [-0.39, 0.29) is 5.91 Å². The van der Waals surface area contributed by atoms with Crippen molar-refractivity contribution in [3.63, 3.8) is 0 Å². The number of benzene rings is 1. The van der Waals surface area contributed by atoms with Crippen molar-refractivity contribution in [3.8, 4) is 5.75 Å². The number of hydrogen-bond acceptors (Lipinski definition) is 5. The number of nitrogens with zero attached hydrogens (tertiary/aromatic N) is 3. The molecule has 1 aliphatic carbocycles. The van der Waals surface area contributed by atoms with Crippen LogP contribution in [-0.4, -0.2) is 32.5 Å². The van der Waals surface area contributed by atoms with Crippen LogP contribution in [-0.2, 0) is 17.9 Å². The van der Waals surface area contributed by atoms with Crippen molar-refractivity contribution in [3.05, 3.63) is 36.2 Å². The van der Waals surface area contributed by atoms with Crippen LogP contribution >= 0.6 is 11.8 Å². The Morgan fingerprint density at radius 1 is 1.28 bits per heavy atom. The van der Waals surface area contributed by atoms with Crippen LogP contribution < -0.4 is 10.1 Å². The Labute approximate surface area is 152 Å². The first-order valence-electron chi connectivity index (χ1n) is 8.78. The van der Waals surface area contributed by atoms with Crippen molar-refractivity contribution in [2.75, 3.05) is 5.75 Å². The fourth-order valence-corrected chi connectivity index (χ4v) is 3.82. The van der Waals surface area contributed by atoms with Gasteiger partial charge in [-0.25, -0.2) is 0 Å². The molecule has 1 N–H and O–H groups in total. The Bertz CT molecular complexity index is 684. The third-order valence-corrected chi connectivity index (χ3v) is 5.24. The van der Waals surface area contributed by atoms with Crippen LogP contribution in [0.4, 0.5) is 0 Å². The number of aromatic nitrogens is 3. The number of amides is 1. The molecule has 1 heterocycles. The van der Waals surface area contributed by atoms with Gasteiger partial charge in [0.2, 0.25) is 5.91 Å². The standard InChI is InChI=1S/C18H24N4O2S/c1-2-22-16(12-24-15-10-4-3-5-11-15)20-21-18(22)25-13-17(23)19-14-8-6-7-9-14/h3-5,10-11,14H,2,6-9,12-13H2,1H3,(H,19,23). The van der Waals surface area contributed by atoms with Crippen molar-refractivity contribution < 1.29 is 9.53 Å². The zero-order chi connectivity index (χ0) is 17.5. The van der Waals surface area contributed by atoms with Crippen LogP contribution in [0.1, 0.15) is 38.4 Å². The SMILES string of the molecule is CCn1c(COc2ccccc2)nnc1SCC(=O)NC1CCCC1. The lowest BCUT2D eigenvalue weighted by atomic mass is 10.2. The number of thioether (sulfide) groups is 1. The zero-order valence-electron chi connectivity index (χ0n) is 14.5. The highest BCUT2D eigenvalue weighted by Crippen LogP contribution is 2.20. The van der Waals surface area contributed by atoms with Crippen LogP contribution in [0.5, 0.6) is 5.75 Å². The molecule has 7 heteroatoms. The van der Waals surface area contributed by atoms with Crippen molar-refractivity contribution in [2.45, 2.75) is 57.0 Å². The molecule has 0 atom stereocenters. The fourth-order valence-electron chi connectivity index (χ4n) is 2.98. The van der Waals surface area contributed by atoms with Gasteiger partial charge in [-0.05, 0) is 31.9 Å². The predicted molar refractivity (Wildman–Crippen MR) is 97.6 cm³/mol. The quantitative estimate of drug-likeness (QED) is 0.733. The number of carbonyl (C=O) groups is 1. The third-order valence-electron chi connectivity index (χ3n) is 4.27. The molecule has 1 amide bonds. The molecule has 0 radical (unpaired) electrons. The van der Waals surface area contributed by atoms with Gasteiger partial charge in [0.25, 0.3) is 0 Å². The van der Waals surface area contributed by atoms with E-state index < -0.39 is 0 Å². The van der Waals surface area contributed by atoms with E-state index in [4.69, 9.17) is 4.74 Å². The minimum atomic E-state index is 0.0737. The lowest BCUT2D eigenvalue weighted by Crippen LogP contribution is -2.33. The van der Waals surface area contributed by atoms with Crippen LogP contribution in [0.25, 0.3) is 0 Å². The van der Waals surface area contributed by atoms with Gasteiger partial charge in [0.1, 0.15) is 12.4 Å². The summed E-state index contributed by atoms with van der Waals surface area (Å²) in [5.74, 6) is 2.02. The van der Waals surface area contributed by atoms with E-state index in [0.717, 1.165) is 36.1 Å². The van der Waals surface area contributed by atoms with Gasteiger partial charge < -0.3 is 14.6 Å². The van der Waals surface area contributed by atoms with Crippen molar-refractivity contribution >= 4 is 17.7 Å². The van der Waals surface area contributed by atoms with Gasteiger partial charge in [0.15, 0.2) is 11.0 Å². The molecule has 3 rings (SSSR count). The number of nitrogens with one attached hydrogen (secondary N) is 1. The lowest BCUT2D eigenvalue weighted by molar-refractivity contribution is -0.119. The van der Waals surface area contributed by atoms with Crippen LogP contribution in [0, 0.1) is 0 Å². The molecular formula is C18H24N4O2S. The van der Waals surface area contributed by atoms with E-state index in [1.165, 1.54) is 24.6 Å². The minimum Gasteiger partial charge on any atom is -0.486 e. The molecule has 0 spiro atoms. The molecule has 0 unspecified atom stereocenters. The van der Waals surface area contributed by atoms with Crippen molar-refractivity contribution in [1.82, 2.24) is 20.1 Å².